The number of aliphatic hydroxyl groups is 1. The van der Waals surface area contributed by atoms with Crippen LogP contribution >= 0.6 is 0 Å². The van der Waals surface area contributed by atoms with Gasteiger partial charge in [-0.2, -0.15) is 0 Å². The lowest BCUT2D eigenvalue weighted by Crippen LogP contribution is -2.45. The highest BCUT2D eigenvalue weighted by molar-refractivity contribution is 5.68. The van der Waals surface area contributed by atoms with Crippen LogP contribution in [0.4, 0.5) is 4.79 Å². The third-order valence-electron chi connectivity index (χ3n) is 3.53. The van der Waals surface area contributed by atoms with E-state index in [4.69, 9.17) is 9.47 Å². The van der Waals surface area contributed by atoms with Gasteiger partial charge in [0.05, 0.1) is 19.8 Å². The molecule has 0 aromatic heterocycles. The minimum Gasteiger partial charge on any atom is -0.497 e. The first-order chi connectivity index (χ1) is 11.2. The van der Waals surface area contributed by atoms with Crippen molar-refractivity contribution < 1.29 is 19.4 Å². The number of hydrogen-bond donors (Lipinski definition) is 1. The Kier molecular flexibility index (Phi) is 7.55. The maximum absolute atomic E-state index is 12.6. The van der Waals surface area contributed by atoms with E-state index < -0.39 is 11.7 Å². The van der Waals surface area contributed by atoms with Gasteiger partial charge in [0.15, 0.2) is 0 Å². The molecule has 0 aliphatic carbocycles. The highest BCUT2D eigenvalue weighted by Crippen LogP contribution is 2.20. The van der Waals surface area contributed by atoms with E-state index in [0.717, 1.165) is 11.3 Å². The van der Waals surface area contributed by atoms with Crippen LogP contribution in [0.2, 0.25) is 0 Å². The molecule has 1 aromatic carbocycles. The van der Waals surface area contributed by atoms with Crippen molar-refractivity contribution in [2.45, 2.75) is 59.2 Å². The number of methoxy groups -OCH3 is 1. The molecule has 5 heteroatoms. The second kappa shape index (κ2) is 8.92. The van der Waals surface area contributed by atoms with Gasteiger partial charge in [0.1, 0.15) is 11.4 Å². The zero-order valence-corrected chi connectivity index (χ0v) is 15.7. The van der Waals surface area contributed by atoms with Gasteiger partial charge in [0, 0.05) is 6.54 Å². The minimum absolute atomic E-state index is 0.0897. The van der Waals surface area contributed by atoms with Gasteiger partial charge in [-0.15, -0.1) is 0 Å². The van der Waals surface area contributed by atoms with Crippen LogP contribution in [0.25, 0.3) is 0 Å². The molecule has 1 aromatic rings. The SMILES string of the molecule is COc1ccc(CN(C(=O)OC(C)(C)C)[C@H](CO)CC(C)C)cc1. The van der Waals surface area contributed by atoms with Gasteiger partial charge >= 0.3 is 6.09 Å². The molecule has 0 heterocycles. The van der Waals surface area contributed by atoms with Gasteiger partial charge in [-0.05, 0) is 50.8 Å². The Morgan fingerprint density at radius 1 is 1.21 bits per heavy atom. The molecule has 1 atom stereocenters. The maximum Gasteiger partial charge on any atom is 0.410 e. The number of aliphatic hydroxyl groups excluding tert-OH is 1. The van der Waals surface area contributed by atoms with Crippen LogP contribution in [-0.2, 0) is 11.3 Å². The second-order valence-electron chi connectivity index (χ2n) is 7.42. The summed E-state index contributed by atoms with van der Waals surface area (Å²) in [5, 5.41) is 9.78. The van der Waals surface area contributed by atoms with Crippen LogP contribution in [-0.4, -0.2) is 41.5 Å². The van der Waals surface area contributed by atoms with Crippen molar-refractivity contribution in [2.75, 3.05) is 13.7 Å². The molecule has 5 nitrogen and oxygen atoms in total. The first kappa shape index (κ1) is 20.3. The van der Waals surface area contributed by atoms with Crippen molar-refractivity contribution in [3.05, 3.63) is 29.8 Å². The van der Waals surface area contributed by atoms with Crippen molar-refractivity contribution >= 4 is 6.09 Å². The molecule has 0 bridgehead atoms. The van der Waals surface area contributed by atoms with E-state index in [2.05, 4.69) is 13.8 Å². The maximum atomic E-state index is 12.6. The Morgan fingerprint density at radius 2 is 1.79 bits per heavy atom. The smallest absolute Gasteiger partial charge is 0.410 e. The Bertz CT molecular complexity index is 505. The molecular weight excluding hydrogens is 306 g/mol. The fraction of sp³-hybridized carbons (Fsp3) is 0.632. The number of hydrogen-bond acceptors (Lipinski definition) is 4. The van der Waals surface area contributed by atoms with Gasteiger partial charge in [-0.1, -0.05) is 26.0 Å². The van der Waals surface area contributed by atoms with E-state index >= 15 is 0 Å². The molecule has 0 spiro atoms. The van der Waals surface area contributed by atoms with Crippen LogP contribution < -0.4 is 4.74 Å². The largest absolute Gasteiger partial charge is 0.497 e. The zero-order valence-electron chi connectivity index (χ0n) is 15.7. The summed E-state index contributed by atoms with van der Waals surface area (Å²) in [4.78, 5) is 14.3. The Balaban J connectivity index is 2.99. The standard InChI is InChI=1S/C19H31NO4/c1-14(2)11-16(13-21)20(18(22)24-19(3,4)5)12-15-7-9-17(23-6)10-8-15/h7-10,14,16,21H,11-13H2,1-6H3/t16-/m0/s1. The highest BCUT2D eigenvalue weighted by atomic mass is 16.6. The van der Waals surface area contributed by atoms with Crippen LogP contribution in [0.3, 0.4) is 0 Å². The molecular formula is C19H31NO4. The molecule has 0 saturated heterocycles. The van der Waals surface area contributed by atoms with Crippen molar-refractivity contribution in [1.29, 1.82) is 0 Å². The predicted octanol–water partition coefficient (Wildman–Crippen LogP) is 3.84. The lowest BCUT2D eigenvalue weighted by atomic mass is 10.0. The fourth-order valence-electron chi connectivity index (χ4n) is 2.44. The van der Waals surface area contributed by atoms with Crippen molar-refractivity contribution in [3.8, 4) is 5.75 Å². The summed E-state index contributed by atoms with van der Waals surface area (Å²) in [6, 6.07) is 7.28. The first-order valence-electron chi connectivity index (χ1n) is 8.39. The molecule has 1 N–H and O–H groups in total. The van der Waals surface area contributed by atoms with Gasteiger partial charge in [0.2, 0.25) is 0 Å². The Labute approximate surface area is 145 Å². The fourth-order valence-corrected chi connectivity index (χ4v) is 2.44. The van der Waals surface area contributed by atoms with E-state index in [-0.39, 0.29) is 12.6 Å². The Hall–Kier alpha value is -1.75. The van der Waals surface area contributed by atoms with Crippen LogP contribution in [0.1, 0.15) is 46.6 Å². The second-order valence-corrected chi connectivity index (χ2v) is 7.42. The summed E-state index contributed by atoms with van der Waals surface area (Å²) >= 11 is 0. The topological polar surface area (TPSA) is 59.0 Å². The number of amides is 1. The van der Waals surface area contributed by atoms with E-state index in [1.54, 1.807) is 12.0 Å². The monoisotopic (exact) mass is 337 g/mol. The van der Waals surface area contributed by atoms with E-state index in [0.29, 0.717) is 18.9 Å². The average molecular weight is 337 g/mol. The third-order valence-corrected chi connectivity index (χ3v) is 3.53. The quantitative estimate of drug-likeness (QED) is 0.821. The molecule has 0 saturated carbocycles. The first-order valence-corrected chi connectivity index (χ1v) is 8.39. The predicted molar refractivity (Wildman–Crippen MR) is 95.1 cm³/mol. The summed E-state index contributed by atoms with van der Waals surface area (Å²) in [5.74, 6) is 1.13. The summed E-state index contributed by atoms with van der Waals surface area (Å²) in [5.41, 5.74) is 0.386. The minimum atomic E-state index is -0.576. The molecule has 24 heavy (non-hydrogen) atoms. The zero-order chi connectivity index (χ0) is 18.3. The van der Waals surface area contributed by atoms with Crippen LogP contribution in [0, 0.1) is 5.92 Å². The summed E-state index contributed by atoms with van der Waals surface area (Å²) < 4.78 is 10.7. The molecule has 0 radical (unpaired) electrons. The number of carbonyl (C=O) groups is 1. The van der Waals surface area contributed by atoms with E-state index in [1.165, 1.54) is 0 Å². The van der Waals surface area contributed by atoms with Crippen molar-refractivity contribution in [3.63, 3.8) is 0 Å². The normalized spacial score (nSPS) is 12.8. The molecule has 136 valence electrons. The molecule has 0 aliphatic heterocycles. The van der Waals surface area contributed by atoms with E-state index in [9.17, 15) is 9.90 Å². The summed E-state index contributed by atoms with van der Waals surface area (Å²) in [6.07, 6.45) is 0.310. The number of benzene rings is 1. The average Bonchev–Trinajstić information content (AvgIpc) is 2.49. The van der Waals surface area contributed by atoms with Gasteiger partial charge < -0.3 is 14.6 Å². The van der Waals surface area contributed by atoms with Gasteiger partial charge in [-0.25, -0.2) is 4.79 Å². The van der Waals surface area contributed by atoms with E-state index in [1.807, 2.05) is 45.0 Å². The van der Waals surface area contributed by atoms with Gasteiger partial charge in [0.25, 0.3) is 0 Å². The van der Waals surface area contributed by atoms with Crippen molar-refractivity contribution in [2.24, 2.45) is 5.92 Å². The molecule has 0 fully saturated rings. The lowest BCUT2D eigenvalue weighted by molar-refractivity contribution is 0.00412. The van der Waals surface area contributed by atoms with Gasteiger partial charge in [-0.3, -0.25) is 4.90 Å². The number of rotatable bonds is 7. The molecule has 1 rings (SSSR count). The number of nitrogens with zero attached hydrogens (tertiary/aromatic N) is 1. The molecule has 0 aliphatic rings. The van der Waals surface area contributed by atoms with Crippen LogP contribution in [0.15, 0.2) is 24.3 Å². The lowest BCUT2D eigenvalue weighted by Gasteiger charge is -2.33. The summed E-state index contributed by atoms with van der Waals surface area (Å²) in [6.45, 7) is 9.96. The Morgan fingerprint density at radius 3 is 2.21 bits per heavy atom. The number of ether oxygens (including phenoxy) is 2. The summed E-state index contributed by atoms with van der Waals surface area (Å²) in [7, 11) is 1.62. The number of carbonyl (C=O) groups excluding carboxylic acids is 1. The highest BCUT2D eigenvalue weighted by Gasteiger charge is 2.28. The van der Waals surface area contributed by atoms with Crippen molar-refractivity contribution in [1.82, 2.24) is 4.90 Å². The molecule has 0 unspecified atom stereocenters. The van der Waals surface area contributed by atoms with Crippen LogP contribution in [0.5, 0.6) is 5.75 Å². The molecule has 1 amide bonds. The third kappa shape index (κ3) is 6.79.